The highest BCUT2D eigenvalue weighted by Crippen LogP contribution is 2.34. The standard InChI is InChI=1S/C12H13FN2OS/c1-8(16)10-4-3-5-11(13)12(10)17-9-6-14-15(2)7-9/h3-8,16H,1-2H3/t8-/m1/s1. The highest BCUT2D eigenvalue weighted by molar-refractivity contribution is 7.99. The van der Waals surface area contributed by atoms with Crippen molar-refractivity contribution in [3.63, 3.8) is 0 Å². The van der Waals surface area contributed by atoms with E-state index >= 15 is 0 Å². The molecular formula is C12H13FN2OS. The largest absolute Gasteiger partial charge is 0.389 e. The van der Waals surface area contributed by atoms with Crippen molar-refractivity contribution in [2.75, 3.05) is 0 Å². The zero-order valence-electron chi connectivity index (χ0n) is 9.59. The van der Waals surface area contributed by atoms with E-state index in [0.717, 1.165) is 4.90 Å². The fraction of sp³-hybridized carbons (Fsp3) is 0.250. The van der Waals surface area contributed by atoms with Gasteiger partial charge in [0.15, 0.2) is 0 Å². The Morgan fingerprint density at radius 2 is 2.24 bits per heavy atom. The van der Waals surface area contributed by atoms with Crippen LogP contribution in [0.5, 0.6) is 0 Å². The third kappa shape index (κ3) is 2.68. The van der Waals surface area contributed by atoms with Crippen LogP contribution < -0.4 is 0 Å². The number of aryl methyl sites for hydroxylation is 1. The molecule has 90 valence electrons. The third-order valence-electron chi connectivity index (χ3n) is 2.35. The summed E-state index contributed by atoms with van der Waals surface area (Å²) in [6.45, 7) is 1.63. The monoisotopic (exact) mass is 252 g/mol. The van der Waals surface area contributed by atoms with Gasteiger partial charge in [-0.1, -0.05) is 23.9 Å². The lowest BCUT2D eigenvalue weighted by Gasteiger charge is -2.11. The smallest absolute Gasteiger partial charge is 0.137 e. The van der Waals surface area contributed by atoms with E-state index in [2.05, 4.69) is 5.10 Å². The van der Waals surface area contributed by atoms with Crippen LogP contribution >= 0.6 is 11.8 Å². The fourth-order valence-corrected chi connectivity index (χ4v) is 2.59. The average Bonchev–Trinajstić information content (AvgIpc) is 2.67. The Labute approximate surface area is 103 Å². The minimum absolute atomic E-state index is 0.322. The van der Waals surface area contributed by atoms with Crippen LogP contribution in [0.4, 0.5) is 4.39 Å². The SMILES string of the molecule is C[C@@H](O)c1cccc(F)c1Sc1cnn(C)c1. The first-order chi connectivity index (χ1) is 8.08. The number of aliphatic hydroxyl groups is 1. The Morgan fingerprint density at radius 1 is 1.47 bits per heavy atom. The van der Waals surface area contributed by atoms with Gasteiger partial charge in [-0.05, 0) is 18.6 Å². The average molecular weight is 252 g/mol. The van der Waals surface area contributed by atoms with Crippen LogP contribution in [0, 0.1) is 5.82 Å². The summed E-state index contributed by atoms with van der Waals surface area (Å²) in [5, 5.41) is 13.6. The third-order valence-corrected chi connectivity index (χ3v) is 3.43. The minimum Gasteiger partial charge on any atom is -0.389 e. The molecule has 5 heteroatoms. The van der Waals surface area contributed by atoms with Crippen LogP contribution in [0.15, 0.2) is 40.4 Å². The number of aliphatic hydroxyl groups excluding tert-OH is 1. The van der Waals surface area contributed by atoms with Gasteiger partial charge in [-0.25, -0.2) is 4.39 Å². The Kier molecular flexibility index (Phi) is 3.49. The van der Waals surface area contributed by atoms with Gasteiger partial charge in [0.2, 0.25) is 0 Å². The quantitative estimate of drug-likeness (QED) is 0.912. The predicted molar refractivity (Wildman–Crippen MR) is 64.4 cm³/mol. The number of hydrogen-bond donors (Lipinski definition) is 1. The van der Waals surface area contributed by atoms with E-state index < -0.39 is 6.10 Å². The molecule has 0 spiro atoms. The lowest BCUT2D eigenvalue weighted by atomic mass is 10.1. The maximum Gasteiger partial charge on any atom is 0.137 e. The Balaban J connectivity index is 2.37. The number of rotatable bonds is 3. The Morgan fingerprint density at radius 3 is 2.82 bits per heavy atom. The van der Waals surface area contributed by atoms with Crippen LogP contribution in [-0.4, -0.2) is 14.9 Å². The molecule has 0 unspecified atom stereocenters. The van der Waals surface area contributed by atoms with Gasteiger partial charge in [0.1, 0.15) is 5.82 Å². The predicted octanol–water partition coefficient (Wildman–Crippen LogP) is 2.76. The zero-order valence-corrected chi connectivity index (χ0v) is 10.4. The van der Waals surface area contributed by atoms with Crippen molar-refractivity contribution < 1.29 is 9.50 Å². The number of aromatic nitrogens is 2. The first-order valence-corrected chi connectivity index (χ1v) is 6.02. The van der Waals surface area contributed by atoms with Crippen LogP contribution in [-0.2, 0) is 7.05 Å². The molecule has 0 aliphatic heterocycles. The maximum absolute atomic E-state index is 13.7. The van der Waals surface area contributed by atoms with Gasteiger partial charge in [0.05, 0.1) is 22.1 Å². The molecule has 0 saturated heterocycles. The molecule has 0 aliphatic rings. The van der Waals surface area contributed by atoms with Gasteiger partial charge in [0, 0.05) is 13.2 Å². The summed E-state index contributed by atoms with van der Waals surface area (Å²) in [5.74, 6) is -0.322. The second kappa shape index (κ2) is 4.89. The number of nitrogens with zero attached hydrogens (tertiary/aromatic N) is 2. The van der Waals surface area contributed by atoms with Crippen molar-refractivity contribution >= 4 is 11.8 Å². The van der Waals surface area contributed by atoms with E-state index in [4.69, 9.17) is 0 Å². The first kappa shape index (κ1) is 12.1. The molecule has 0 fully saturated rings. The summed E-state index contributed by atoms with van der Waals surface area (Å²) >= 11 is 1.27. The lowest BCUT2D eigenvalue weighted by Crippen LogP contribution is -1.96. The number of halogens is 1. The fourth-order valence-electron chi connectivity index (χ4n) is 1.53. The van der Waals surface area contributed by atoms with Crippen LogP contribution in [0.2, 0.25) is 0 Å². The van der Waals surface area contributed by atoms with E-state index in [0.29, 0.717) is 10.5 Å². The molecule has 1 heterocycles. The van der Waals surface area contributed by atoms with Gasteiger partial charge < -0.3 is 5.11 Å². The molecule has 0 aliphatic carbocycles. The van der Waals surface area contributed by atoms with Gasteiger partial charge in [0.25, 0.3) is 0 Å². The first-order valence-electron chi connectivity index (χ1n) is 5.21. The minimum atomic E-state index is -0.690. The van der Waals surface area contributed by atoms with Crippen molar-refractivity contribution in [1.82, 2.24) is 9.78 Å². The molecule has 1 N–H and O–H groups in total. The summed E-state index contributed by atoms with van der Waals surface area (Å²) < 4.78 is 15.4. The van der Waals surface area contributed by atoms with Crippen LogP contribution in [0.3, 0.4) is 0 Å². The molecule has 3 nitrogen and oxygen atoms in total. The van der Waals surface area contributed by atoms with E-state index in [-0.39, 0.29) is 5.82 Å². The molecule has 1 aromatic heterocycles. The zero-order chi connectivity index (χ0) is 12.4. The molecule has 0 amide bonds. The van der Waals surface area contributed by atoms with Crippen molar-refractivity contribution in [3.8, 4) is 0 Å². The van der Waals surface area contributed by atoms with Crippen molar-refractivity contribution in [3.05, 3.63) is 42.0 Å². The molecule has 0 radical (unpaired) electrons. The molecule has 0 saturated carbocycles. The molecule has 2 aromatic rings. The molecule has 1 atom stereocenters. The Hall–Kier alpha value is -1.33. The van der Waals surface area contributed by atoms with Gasteiger partial charge in [-0.2, -0.15) is 5.10 Å². The molecule has 17 heavy (non-hydrogen) atoms. The second-order valence-electron chi connectivity index (χ2n) is 3.79. The molecule has 1 aromatic carbocycles. The summed E-state index contributed by atoms with van der Waals surface area (Å²) in [7, 11) is 1.81. The summed E-state index contributed by atoms with van der Waals surface area (Å²) in [5.41, 5.74) is 0.596. The van der Waals surface area contributed by atoms with E-state index in [1.54, 1.807) is 37.0 Å². The number of benzene rings is 1. The summed E-state index contributed by atoms with van der Waals surface area (Å²) in [6, 6.07) is 4.72. The van der Waals surface area contributed by atoms with Crippen molar-refractivity contribution in [2.45, 2.75) is 22.8 Å². The Bertz CT molecular complexity index is 525. The normalized spacial score (nSPS) is 12.7. The van der Waals surface area contributed by atoms with Crippen molar-refractivity contribution in [2.24, 2.45) is 7.05 Å². The topological polar surface area (TPSA) is 38.1 Å². The number of hydrogen-bond acceptors (Lipinski definition) is 3. The maximum atomic E-state index is 13.7. The lowest BCUT2D eigenvalue weighted by molar-refractivity contribution is 0.195. The van der Waals surface area contributed by atoms with Crippen LogP contribution in [0.25, 0.3) is 0 Å². The van der Waals surface area contributed by atoms with Crippen molar-refractivity contribution in [1.29, 1.82) is 0 Å². The highest BCUT2D eigenvalue weighted by Gasteiger charge is 2.14. The van der Waals surface area contributed by atoms with Gasteiger partial charge >= 0.3 is 0 Å². The molecular weight excluding hydrogens is 239 g/mol. The van der Waals surface area contributed by atoms with E-state index in [1.165, 1.54) is 17.8 Å². The summed E-state index contributed by atoms with van der Waals surface area (Å²) in [6.07, 6.45) is 2.79. The highest BCUT2D eigenvalue weighted by atomic mass is 32.2. The van der Waals surface area contributed by atoms with E-state index in [1.807, 2.05) is 6.20 Å². The van der Waals surface area contributed by atoms with Gasteiger partial charge in [-0.15, -0.1) is 0 Å². The van der Waals surface area contributed by atoms with Crippen LogP contribution in [0.1, 0.15) is 18.6 Å². The second-order valence-corrected chi connectivity index (χ2v) is 4.87. The summed E-state index contributed by atoms with van der Waals surface area (Å²) in [4.78, 5) is 1.30. The van der Waals surface area contributed by atoms with E-state index in [9.17, 15) is 9.50 Å². The molecule has 0 bridgehead atoms. The van der Waals surface area contributed by atoms with Gasteiger partial charge in [-0.3, -0.25) is 4.68 Å². The molecule has 2 rings (SSSR count).